The van der Waals surface area contributed by atoms with Crippen LogP contribution in [0.3, 0.4) is 0 Å². The number of Topliss-reactive ketones (excluding diaryl/α,β-unsaturated/α-hetero) is 1. The number of hydrogen-bond donors (Lipinski definition) is 0. The van der Waals surface area contributed by atoms with Crippen LogP contribution in [0.2, 0.25) is 0 Å². The highest BCUT2D eigenvalue weighted by molar-refractivity contribution is 7.98. The van der Waals surface area contributed by atoms with E-state index in [-0.39, 0.29) is 18.8 Å². The van der Waals surface area contributed by atoms with Crippen molar-refractivity contribution in [3.63, 3.8) is 0 Å². The number of methoxy groups -OCH3 is 1. The van der Waals surface area contributed by atoms with Gasteiger partial charge >= 0.3 is 0 Å². The molecule has 20 heavy (non-hydrogen) atoms. The van der Waals surface area contributed by atoms with Gasteiger partial charge in [0, 0.05) is 12.0 Å². The van der Waals surface area contributed by atoms with Crippen molar-refractivity contribution in [3.05, 3.63) is 41.5 Å². The highest BCUT2D eigenvalue weighted by Crippen LogP contribution is 2.22. The highest BCUT2D eigenvalue weighted by Gasteiger charge is 2.11. The van der Waals surface area contributed by atoms with Gasteiger partial charge in [0.15, 0.2) is 11.6 Å². The molecule has 2 aromatic rings. The summed E-state index contributed by atoms with van der Waals surface area (Å²) >= 11 is 1.64. The van der Waals surface area contributed by atoms with E-state index in [9.17, 15) is 4.79 Å². The molecule has 1 aromatic heterocycles. The van der Waals surface area contributed by atoms with Gasteiger partial charge in [0.05, 0.1) is 12.2 Å². The Morgan fingerprint density at radius 1 is 1.45 bits per heavy atom. The number of thioether (sulfide) groups is 1. The topological polar surface area (TPSA) is 65.2 Å². The Kier molecular flexibility index (Phi) is 5.31. The lowest BCUT2D eigenvalue weighted by atomic mass is 10.2. The third kappa shape index (κ3) is 4.47. The summed E-state index contributed by atoms with van der Waals surface area (Å²) in [6.45, 7) is 2.12. The largest absolute Gasteiger partial charge is 0.377 e. The normalized spacial score (nSPS) is 10.7. The lowest BCUT2D eigenvalue weighted by Crippen LogP contribution is -2.09. The summed E-state index contributed by atoms with van der Waals surface area (Å²) in [6, 6.07) is 8.22. The fourth-order valence-electron chi connectivity index (χ4n) is 1.65. The maximum absolute atomic E-state index is 11.4. The van der Waals surface area contributed by atoms with Crippen molar-refractivity contribution in [2.75, 3.05) is 13.7 Å². The Morgan fingerprint density at radius 3 is 3.05 bits per heavy atom. The van der Waals surface area contributed by atoms with Crippen LogP contribution in [0.15, 0.2) is 33.7 Å². The molecular formula is C14H16N2O3S. The quantitative estimate of drug-likeness (QED) is 0.730. The molecule has 0 aliphatic heterocycles. The number of carbonyl (C=O) groups is 1. The Labute approximate surface area is 121 Å². The van der Waals surface area contributed by atoms with Crippen LogP contribution in [0.4, 0.5) is 0 Å². The van der Waals surface area contributed by atoms with Crippen LogP contribution in [0.1, 0.15) is 17.3 Å². The number of nitrogens with zero attached hydrogens (tertiary/aromatic N) is 2. The standard InChI is InChI=1S/C14H16N2O3S/c1-10-4-3-5-12(6-10)20-9-13-15-14(19-16-13)7-11(17)8-18-2/h3-6H,7-9H2,1-2H3. The molecule has 1 heterocycles. The zero-order valence-corrected chi connectivity index (χ0v) is 12.3. The molecule has 0 spiro atoms. The summed E-state index contributed by atoms with van der Waals surface area (Å²) in [5.74, 6) is 1.48. The Bertz CT molecular complexity index is 583. The van der Waals surface area contributed by atoms with E-state index in [2.05, 4.69) is 29.2 Å². The molecule has 0 bridgehead atoms. The molecule has 0 saturated heterocycles. The van der Waals surface area contributed by atoms with Crippen molar-refractivity contribution >= 4 is 17.5 Å². The number of rotatable bonds is 7. The molecule has 0 aliphatic carbocycles. The van der Waals surface area contributed by atoms with Crippen LogP contribution in [-0.2, 0) is 21.7 Å². The van der Waals surface area contributed by atoms with Gasteiger partial charge in [0.25, 0.3) is 0 Å². The van der Waals surface area contributed by atoms with Crippen molar-refractivity contribution in [3.8, 4) is 0 Å². The number of hydrogen-bond acceptors (Lipinski definition) is 6. The van der Waals surface area contributed by atoms with Crippen LogP contribution in [-0.4, -0.2) is 29.6 Å². The van der Waals surface area contributed by atoms with Gasteiger partial charge < -0.3 is 9.26 Å². The Morgan fingerprint density at radius 2 is 2.30 bits per heavy atom. The van der Waals surface area contributed by atoms with Crippen LogP contribution in [0.5, 0.6) is 0 Å². The van der Waals surface area contributed by atoms with E-state index in [1.54, 1.807) is 11.8 Å². The number of aromatic nitrogens is 2. The second-order valence-electron chi connectivity index (χ2n) is 4.36. The second kappa shape index (κ2) is 7.21. The molecule has 6 heteroatoms. The smallest absolute Gasteiger partial charge is 0.234 e. The summed E-state index contributed by atoms with van der Waals surface area (Å²) in [5, 5.41) is 3.87. The zero-order chi connectivity index (χ0) is 14.4. The van der Waals surface area contributed by atoms with Crippen LogP contribution in [0.25, 0.3) is 0 Å². The lowest BCUT2D eigenvalue weighted by Gasteiger charge is -1.99. The first kappa shape index (κ1) is 14.7. The van der Waals surface area contributed by atoms with Crippen molar-refractivity contribution < 1.29 is 14.1 Å². The molecule has 0 atom stereocenters. The Hall–Kier alpha value is -1.66. The van der Waals surface area contributed by atoms with Crippen LogP contribution in [0, 0.1) is 6.92 Å². The van der Waals surface area contributed by atoms with E-state index in [0.29, 0.717) is 17.5 Å². The maximum Gasteiger partial charge on any atom is 0.234 e. The molecule has 0 amide bonds. The molecule has 106 valence electrons. The van der Waals surface area contributed by atoms with Gasteiger partial charge in [-0.25, -0.2) is 0 Å². The van der Waals surface area contributed by atoms with Gasteiger partial charge in [-0.15, -0.1) is 11.8 Å². The third-order valence-corrected chi connectivity index (χ3v) is 3.51. The number of ketones is 1. The minimum atomic E-state index is -0.0750. The first-order chi connectivity index (χ1) is 9.67. The monoisotopic (exact) mass is 292 g/mol. The minimum absolute atomic E-state index is 0.0652. The summed E-state index contributed by atoms with van der Waals surface area (Å²) in [4.78, 5) is 16.7. The molecule has 0 fully saturated rings. The molecule has 0 saturated carbocycles. The van der Waals surface area contributed by atoms with Gasteiger partial charge in [-0.3, -0.25) is 4.79 Å². The van der Waals surface area contributed by atoms with E-state index in [0.717, 1.165) is 4.90 Å². The molecule has 5 nitrogen and oxygen atoms in total. The number of carbonyl (C=O) groups excluding carboxylic acids is 1. The summed E-state index contributed by atoms with van der Waals surface area (Å²) in [6.07, 6.45) is 0.121. The fourth-order valence-corrected chi connectivity index (χ4v) is 2.51. The average Bonchev–Trinajstić information content (AvgIpc) is 2.84. The molecule has 2 rings (SSSR count). The van der Waals surface area contributed by atoms with E-state index in [1.165, 1.54) is 12.7 Å². The molecule has 0 N–H and O–H groups in total. The summed E-state index contributed by atoms with van der Waals surface area (Å²) in [5.41, 5.74) is 1.22. The predicted octanol–water partition coefficient (Wildman–Crippen LogP) is 2.43. The first-order valence-electron chi connectivity index (χ1n) is 6.19. The Balaban J connectivity index is 1.88. The lowest BCUT2D eigenvalue weighted by molar-refractivity contribution is -0.122. The van der Waals surface area contributed by atoms with E-state index in [1.807, 2.05) is 12.1 Å². The van der Waals surface area contributed by atoms with Crippen molar-refractivity contribution in [1.29, 1.82) is 0 Å². The molecule has 1 aromatic carbocycles. The van der Waals surface area contributed by atoms with Crippen LogP contribution >= 0.6 is 11.8 Å². The maximum atomic E-state index is 11.4. The van der Waals surface area contributed by atoms with Crippen LogP contribution < -0.4 is 0 Å². The van der Waals surface area contributed by atoms with Crippen molar-refractivity contribution in [2.45, 2.75) is 24.0 Å². The summed E-state index contributed by atoms with van der Waals surface area (Å²) in [7, 11) is 1.48. The molecule has 0 radical (unpaired) electrons. The van der Waals surface area contributed by atoms with Gasteiger partial charge in [-0.2, -0.15) is 4.98 Å². The molecular weight excluding hydrogens is 276 g/mol. The first-order valence-corrected chi connectivity index (χ1v) is 7.17. The second-order valence-corrected chi connectivity index (χ2v) is 5.41. The van der Waals surface area contributed by atoms with E-state index < -0.39 is 0 Å². The van der Waals surface area contributed by atoms with E-state index in [4.69, 9.17) is 9.26 Å². The fraction of sp³-hybridized carbons (Fsp3) is 0.357. The van der Waals surface area contributed by atoms with Gasteiger partial charge in [-0.05, 0) is 19.1 Å². The zero-order valence-electron chi connectivity index (χ0n) is 11.5. The SMILES string of the molecule is COCC(=O)Cc1nc(CSc2cccc(C)c2)no1. The number of benzene rings is 1. The van der Waals surface area contributed by atoms with Crippen molar-refractivity contribution in [1.82, 2.24) is 10.1 Å². The molecule has 0 unspecified atom stereocenters. The average molecular weight is 292 g/mol. The predicted molar refractivity (Wildman–Crippen MR) is 75.6 cm³/mol. The van der Waals surface area contributed by atoms with E-state index >= 15 is 0 Å². The number of aryl methyl sites for hydroxylation is 1. The van der Waals surface area contributed by atoms with Gasteiger partial charge in [0.2, 0.25) is 5.89 Å². The minimum Gasteiger partial charge on any atom is -0.377 e. The number of ether oxygens (including phenoxy) is 1. The van der Waals surface area contributed by atoms with Gasteiger partial charge in [-0.1, -0.05) is 22.9 Å². The highest BCUT2D eigenvalue weighted by atomic mass is 32.2. The van der Waals surface area contributed by atoms with Crippen molar-refractivity contribution in [2.24, 2.45) is 0 Å². The molecule has 0 aliphatic rings. The third-order valence-electron chi connectivity index (χ3n) is 2.52. The summed E-state index contributed by atoms with van der Waals surface area (Å²) < 4.78 is 9.80. The van der Waals surface area contributed by atoms with Gasteiger partial charge in [0.1, 0.15) is 6.61 Å².